The fourth-order valence-corrected chi connectivity index (χ4v) is 2.79. The van der Waals surface area contributed by atoms with Crippen molar-refractivity contribution >= 4 is 0 Å². The predicted octanol–water partition coefficient (Wildman–Crippen LogP) is 3.06. The van der Waals surface area contributed by atoms with Crippen molar-refractivity contribution < 1.29 is 9.50 Å². The Morgan fingerprint density at radius 1 is 1.25 bits per heavy atom. The summed E-state index contributed by atoms with van der Waals surface area (Å²) in [6.45, 7) is 6.30. The molecule has 1 aliphatic rings. The number of aromatic hydroxyl groups is 1. The summed E-state index contributed by atoms with van der Waals surface area (Å²) in [6, 6.07) is 4.24. The molecular weight excluding hydrogens is 255 g/mol. The van der Waals surface area contributed by atoms with E-state index in [9.17, 15) is 9.50 Å². The lowest BCUT2D eigenvalue weighted by Gasteiger charge is -2.22. The molecule has 0 saturated carbocycles. The van der Waals surface area contributed by atoms with Crippen molar-refractivity contribution in [2.24, 2.45) is 0 Å². The molecule has 3 nitrogen and oxygen atoms in total. The maximum Gasteiger partial charge on any atom is 0.126 e. The Balaban J connectivity index is 1.78. The number of phenolic OH excluding ortho intramolecular Hbond substituents is 1. The third-order valence-corrected chi connectivity index (χ3v) is 4.04. The number of nitrogens with zero attached hydrogens (tertiary/aromatic N) is 1. The Kier molecular flexibility index (Phi) is 5.80. The van der Waals surface area contributed by atoms with E-state index in [4.69, 9.17) is 0 Å². The zero-order valence-electron chi connectivity index (χ0n) is 12.2. The van der Waals surface area contributed by atoms with Gasteiger partial charge in [-0.25, -0.2) is 4.39 Å². The smallest absolute Gasteiger partial charge is 0.126 e. The minimum atomic E-state index is -0.400. The molecule has 1 aliphatic heterocycles. The van der Waals surface area contributed by atoms with E-state index in [-0.39, 0.29) is 11.8 Å². The summed E-state index contributed by atoms with van der Waals surface area (Å²) in [5, 5.41) is 13.2. The van der Waals surface area contributed by atoms with Crippen LogP contribution in [0.2, 0.25) is 0 Å². The van der Waals surface area contributed by atoms with Gasteiger partial charge >= 0.3 is 0 Å². The van der Waals surface area contributed by atoms with Gasteiger partial charge in [-0.05, 0) is 38.9 Å². The van der Waals surface area contributed by atoms with Gasteiger partial charge in [0, 0.05) is 30.8 Å². The minimum absolute atomic E-state index is 0.0276. The van der Waals surface area contributed by atoms with Crippen molar-refractivity contribution in [2.45, 2.75) is 38.6 Å². The van der Waals surface area contributed by atoms with E-state index in [1.54, 1.807) is 6.07 Å². The van der Waals surface area contributed by atoms with E-state index >= 15 is 0 Å². The molecule has 1 heterocycles. The van der Waals surface area contributed by atoms with Crippen molar-refractivity contribution in [3.8, 4) is 5.75 Å². The van der Waals surface area contributed by atoms with Crippen LogP contribution in [-0.4, -0.2) is 36.2 Å². The van der Waals surface area contributed by atoms with E-state index < -0.39 is 5.82 Å². The highest BCUT2D eigenvalue weighted by molar-refractivity contribution is 5.34. The van der Waals surface area contributed by atoms with E-state index in [0.717, 1.165) is 18.7 Å². The van der Waals surface area contributed by atoms with Crippen LogP contribution in [0.5, 0.6) is 5.75 Å². The molecule has 112 valence electrons. The lowest BCUT2D eigenvalue weighted by atomic mass is 10.1. The standard InChI is InChI=1S/C16H25FN2O/c1-13(15-7-6-14(17)12-16(15)20)18-8-11-19-9-4-2-3-5-10-19/h6-7,12-13,18,20H,2-5,8-11H2,1H3. The Morgan fingerprint density at radius 3 is 2.60 bits per heavy atom. The molecular formula is C16H25FN2O. The van der Waals surface area contributed by atoms with Crippen LogP contribution in [0.4, 0.5) is 4.39 Å². The second-order valence-corrected chi connectivity index (χ2v) is 5.63. The van der Waals surface area contributed by atoms with Crippen LogP contribution in [0.15, 0.2) is 18.2 Å². The third kappa shape index (κ3) is 4.46. The first-order chi connectivity index (χ1) is 9.66. The second-order valence-electron chi connectivity index (χ2n) is 5.63. The van der Waals surface area contributed by atoms with Crippen LogP contribution in [-0.2, 0) is 0 Å². The van der Waals surface area contributed by atoms with Gasteiger partial charge in [-0.2, -0.15) is 0 Å². The van der Waals surface area contributed by atoms with E-state index in [2.05, 4.69) is 10.2 Å². The molecule has 2 N–H and O–H groups in total. The lowest BCUT2D eigenvalue weighted by molar-refractivity contribution is 0.280. The van der Waals surface area contributed by atoms with E-state index in [0.29, 0.717) is 0 Å². The molecule has 1 aromatic rings. The summed E-state index contributed by atoms with van der Waals surface area (Å²) >= 11 is 0. The fourth-order valence-electron chi connectivity index (χ4n) is 2.79. The second kappa shape index (κ2) is 7.60. The SMILES string of the molecule is CC(NCCN1CCCCCC1)c1ccc(F)cc1O. The fraction of sp³-hybridized carbons (Fsp3) is 0.625. The number of rotatable bonds is 5. The van der Waals surface area contributed by atoms with Crippen LogP contribution >= 0.6 is 0 Å². The number of benzene rings is 1. The highest BCUT2D eigenvalue weighted by Gasteiger charge is 2.12. The normalized spacial score (nSPS) is 18.7. The first kappa shape index (κ1) is 15.3. The van der Waals surface area contributed by atoms with Gasteiger partial charge in [0.1, 0.15) is 11.6 Å². The molecule has 1 saturated heterocycles. The lowest BCUT2D eigenvalue weighted by Crippen LogP contribution is -2.33. The topological polar surface area (TPSA) is 35.5 Å². The van der Waals surface area contributed by atoms with E-state index in [1.165, 1.54) is 50.9 Å². The number of halogens is 1. The van der Waals surface area contributed by atoms with Gasteiger partial charge < -0.3 is 15.3 Å². The van der Waals surface area contributed by atoms with E-state index in [1.807, 2.05) is 6.92 Å². The van der Waals surface area contributed by atoms with Crippen molar-refractivity contribution in [3.63, 3.8) is 0 Å². The molecule has 4 heteroatoms. The Morgan fingerprint density at radius 2 is 1.95 bits per heavy atom. The Bertz CT molecular complexity index is 417. The van der Waals surface area contributed by atoms with Gasteiger partial charge in [0.2, 0.25) is 0 Å². The molecule has 20 heavy (non-hydrogen) atoms. The molecule has 1 unspecified atom stereocenters. The molecule has 0 aliphatic carbocycles. The molecule has 1 atom stereocenters. The quantitative estimate of drug-likeness (QED) is 0.870. The highest BCUT2D eigenvalue weighted by atomic mass is 19.1. The van der Waals surface area contributed by atoms with Gasteiger partial charge in [0.05, 0.1) is 0 Å². The first-order valence-electron chi connectivity index (χ1n) is 7.61. The number of likely N-dealkylation sites (tertiary alicyclic amines) is 1. The molecule has 0 bridgehead atoms. The molecule has 1 fully saturated rings. The number of hydrogen-bond acceptors (Lipinski definition) is 3. The average molecular weight is 280 g/mol. The Hall–Kier alpha value is -1.13. The first-order valence-corrected chi connectivity index (χ1v) is 7.61. The minimum Gasteiger partial charge on any atom is -0.508 e. The number of nitrogens with one attached hydrogen (secondary N) is 1. The molecule has 1 aromatic carbocycles. The highest BCUT2D eigenvalue weighted by Crippen LogP contribution is 2.24. The van der Waals surface area contributed by atoms with Gasteiger partial charge in [0.25, 0.3) is 0 Å². The van der Waals surface area contributed by atoms with Crippen molar-refractivity contribution in [1.82, 2.24) is 10.2 Å². The average Bonchev–Trinajstić information content (AvgIpc) is 2.67. The van der Waals surface area contributed by atoms with Gasteiger partial charge in [-0.15, -0.1) is 0 Å². The summed E-state index contributed by atoms with van der Waals surface area (Å²) in [5.74, 6) is -0.372. The largest absolute Gasteiger partial charge is 0.508 e. The maximum atomic E-state index is 13.0. The molecule has 0 aromatic heterocycles. The summed E-state index contributed by atoms with van der Waals surface area (Å²) in [6.07, 6.45) is 5.30. The maximum absolute atomic E-state index is 13.0. The van der Waals surface area contributed by atoms with Crippen LogP contribution in [0.25, 0.3) is 0 Å². The monoisotopic (exact) mass is 280 g/mol. The molecule has 0 radical (unpaired) electrons. The number of hydrogen-bond donors (Lipinski definition) is 2. The molecule has 2 rings (SSSR count). The van der Waals surface area contributed by atoms with Crippen molar-refractivity contribution in [2.75, 3.05) is 26.2 Å². The summed E-state index contributed by atoms with van der Waals surface area (Å²) in [5.41, 5.74) is 0.752. The van der Waals surface area contributed by atoms with Gasteiger partial charge in [0.15, 0.2) is 0 Å². The predicted molar refractivity (Wildman–Crippen MR) is 79.4 cm³/mol. The van der Waals surface area contributed by atoms with Crippen molar-refractivity contribution in [3.05, 3.63) is 29.6 Å². The van der Waals surface area contributed by atoms with Gasteiger partial charge in [-0.1, -0.05) is 18.9 Å². The van der Waals surface area contributed by atoms with Crippen LogP contribution in [0.3, 0.4) is 0 Å². The summed E-state index contributed by atoms with van der Waals surface area (Å²) in [4.78, 5) is 2.50. The molecule has 0 spiro atoms. The van der Waals surface area contributed by atoms with Crippen LogP contribution < -0.4 is 5.32 Å². The molecule has 0 amide bonds. The summed E-state index contributed by atoms with van der Waals surface area (Å²) < 4.78 is 13.0. The third-order valence-electron chi connectivity index (χ3n) is 4.04. The van der Waals surface area contributed by atoms with Crippen LogP contribution in [0, 0.1) is 5.82 Å². The Labute approximate surface area is 120 Å². The van der Waals surface area contributed by atoms with Gasteiger partial charge in [-0.3, -0.25) is 0 Å². The summed E-state index contributed by atoms with van der Waals surface area (Å²) in [7, 11) is 0. The van der Waals surface area contributed by atoms with Crippen LogP contribution in [0.1, 0.15) is 44.2 Å². The zero-order chi connectivity index (χ0) is 14.4. The number of phenols is 1. The zero-order valence-corrected chi connectivity index (χ0v) is 12.2. The van der Waals surface area contributed by atoms with Crippen molar-refractivity contribution in [1.29, 1.82) is 0 Å².